The summed E-state index contributed by atoms with van der Waals surface area (Å²) in [6.07, 6.45) is -1.19. The highest BCUT2D eigenvalue weighted by molar-refractivity contribution is 5.90. The number of aliphatic carboxylic acids is 1. The van der Waals surface area contributed by atoms with Crippen LogP contribution in [0.2, 0.25) is 0 Å². The molecule has 7 heteroatoms. The molecule has 0 radical (unpaired) electrons. The average molecular weight is 352 g/mol. The van der Waals surface area contributed by atoms with E-state index >= 15 is 0 Å². The molecule has 0 atom stereocenters. The molecule has 3 rings (SSSR count). The Balaban J connectivity index is 1.85. The van der Waals surface area contributed by atoms with Gasteiger partial charge in [0.1, 0.15) is 11.4 Å². The predicted octanol–water partition coefficient (Wildman–Crippen LogP) is 4.03. The maximum atomic E-state index is 10.9. The van der Waals surface area contributed by atoms with Gasteiger partial charge in [-0.15, -0.1) is 0 Å². The van der Waals surface area contributed by atoms with Crippen LogP contribution in [0.5, 0.6) is 0 Å². The number of carboxylic acid groups (broad SMARTS) is 2. The molecule has 0 fully saturated rings. The van der Waals surface area contributed by atoms with E-state index in [0.29, 0.717) is 17.1 Å². The molecule has 0 bridgehead atoms. The van der Waals surface area contributed by atoms with Gasteiger partial charge in [-0.2, -0.15) is 0 Å². The predicted molar refractivity (Wildman–Crippen MR) is 95.1 cm³/mol. The fourth-order valence-electron chi connectivity index (χ4n) is 2.63. The van der Waals surface area contributed by atoms with Crippen LogP contribution < -0.4 is 5.32 Å². The topological polar surface area (TPSA) is 113 Å². The van der Waals surface area contributed by atoms with Crippen LogP contribution in [-0.2, 0) is 11.2 Å². The van der Waals surface area contributed by atoms with E-state index in [2.05, 4.69) is 10.5 Å². The van der Waals surface area contributed by atoms with Gasteiger partial charge in [0.2, 0.25) is 0 Å². The van der Waals surface area contributed by atoms with Crippen LogP contribution in [0.3, 0.4) is 0 Å². The Morgan fingerprint density at radius 3 is 2.04 bits per heavy atom. The van der Waals surface area contributed by atoms with Gasteiger partial charge in [0, 0.05) is 5.56 Å². The second-order valence-electron chi connectivity index (χ2n) is 5.74. The summed E-state index contributed by atoms with van der Waals surface area (Å²) in [6, 6.07) is 14.7. The van der Waals surface area contributed by atoms with E-state index < -0.39 is 12.1 Å². The maximum absolute atomic E-state index is 10.9. The third-order valence-electron chi connectivity index (χ3n) is 3.90. The van der Waals surface area contributed by atoms with Crippen molar-refractivity contribution in [2.45, 2.75) is 13.3 Å². The van der Waals surface area contributed by atoms with E-state index in [-0.39, 0.29) is 6.42 Å². The molecule has 3 N–H and O–H groups in total. The molecular formula is C19H16N2O5. The SMILES string of the molecule is Cc1onc(-c2ccc(-c3ccc(CC(=O)O)cc3)cc2)c1NC(=O)O. The molecule has 7 nitrogen and oxygen atoms in total. The highest BCUT2D eigenvalue weighted by Gasteiger charge is 2.16. The first-order valence-electron chi connectivity index (χ1n) is 7.82. The van der Waals surface area contributed by atoms with Crippen LogP contribution >= 0.6 is 0 Å². The minimum atomic E-state index is -1.18. The standard InChI is InChI=1S/C19H16N2O5/c1-11-17(20-19(24)25)18(21-26-11)15-8-6-14(7-9-15)13-4-2-12(3-5-13)10-16(22)23/h2-9,20H,10H2,1H3,(H,22,23)(H,24,25). The normalized spacial score (nSPS) is 10.5. The number of hydrogen-bond donors (Lipinski definition) is 3. The number of benzene rings is 2. The van der Waals surface area contributed by atoms with Gasteiger partial charge < -0.3 is 14.7 Å². The minimum absolute atomic E-state index is 0.00984. The van der Waals surface area contributed by atoms with Crippen LogP contribution in [0.4, 0.5) is 10.5 Å². The van der Waals surface area contributed by atoms with E-state index in [9.17, 15) is 9.59 Å². The lowest BCUT2D eigenvalue weighted by Gasteiger charge is -2.06. The zero-order valence-electron chi connectivity index (χ0n) is 13.9. The highest BCUT2D eigenvalue weighted by atomic mass is 16.5. The zero-order valence-corrected chi connectivity index (χ0v) is 13.9. The summed E-state index contributed by atoms with van der Waals surface area (Å²) in [5, 5.41) is 24.0. The summed E-state index contributed by atoms with van der Waals surface area (Å²) < 4.78 is 5.09. The number of carbonyl (C=O) groups is 2. The largest absolute Gasteiger partial charge is 0.481 e. The van der Waals surface area contributed by atoms with Crippen molar-refractivity contribution in [2.24, 2.45) is 0 Å². The molecule has 0 spiro atoms. The van der Waals surface area contributed by atoms with E-state index in [1.54, 1.807) is 19.1 Å². The summed E-state index contributed by atoms with van der Waals surface area (Å²) in [6.45, 7) is 1.63. The van der Waals surface area contributed by atoms with Crippen molar-refractivity contribution in [3.8, 4) is 22.4 Å². The fraction of sp³-hybridized carbons (Fsp3) is 0.105. The van der Waals surface area contributed by atoms with E-state index in [1.807, 2.05) is 36.4 Å². The first-order chi connectivity index (χ1) is 12.4. The smallest absolute Gasteiger partial charge is 0.409 e. The molecular weight excluding hydrogens is 336 g/mol. The van der Waals surface area contributed by atoms with Gasteiger partial charge in [0.05, 0.1) is 6.42 Å². The molecule has 1 aromatic heterocycles. The first-order valence-corrected chi connectivity index (χ1v) is 7.82. The van der Waals surface area contributed by atoms with Crippen molar-refractivity contribution in [2.75, 3.05) is 5.32 Å². The molecule has 0 saturated heterocycles. The van der Waals surface area contributed by atoms with Gasteiger partial charge in [-0.3, -0.25) is 10.1 Å². The van der Waals surface area contributed by atoms with E-state index in [0.717, 1.165) is 22.3 Å². The van der Waals surface area contributed by atoms with Crippen molar-refractivity contribution in [1.82, 2.24) is 5.16 Å². The summed E-state index contributed by atoms with van der Waals surface area (Å²) >= 11 is 0. The fourth-order valence-corrected chi connectivity index (χ4v) is 2.63. The van der Waals surface area contributed by atoms with Crippen molar-refractivity contribution in [3.05, 3.63) is 59.9 Å². The van der Waals surface area contributed by atoms with Crippen LogP contribution in [-0.4, -0.2) is 27.4 Å². The molecule has 2 aromatic carbocycles. The number of hydrogen-bond acceptors (Lipinski definition) is 4. The van der Waals surface area contributed by atoms with Crippen molar-refractivity contribution < 1.29 is 24.3 Å². The number of rotatable bonds is 5. The number of aryl methyl sites for hydroxylation is 1. The number of anilines is 1. The lowest BCUT2D eigenvalue weighted by atomic mass is 10.0. The lowest BCUT2D eigenvalue weighted by Crippen LogP contribution is -2.08. The van der Waals surface area contributed by atoms with Gasteiger partial charge in [-0.1, -0.05) is 53.7 Å². The van der Waals surface area contributed by atoms with Crippen LogP contribution in [0.15, 0.2) is 53.1 Å². The molecule has 1 amide bonds. The number of amides is 1. The van der Waals surface area contributed by atoms with E-state index in [4.69, 9.17) is 14.7 Å². The number of carboxylic acids is 1. The molecule has 26 heavy (non-hydrogen) atoms. The van der Waals surface area contributed by atoms with Gasteiger partial charge in [-0.25, -0.2) is 4.79 Å². The van der Waals surface area contributed by atoms with Crippen molar-refractivity contribution >= 4 is 17.7 Å². The lowest BCUT2D eigenvalue weighted by molar-refractivity contribution is -0.136. The van der Waals surface area contributed by atoms with Gasteiger partial charge >= 0.3 is 12.1 Å². The Morgan fingerprint density at radius 1 is 0.962 bits per heavy atom. The van der Waals surface area contributed by atoms with Crippen molar-refractivity contribution in [3.63, 3.8) is 0 Å². The third-order valence-corrected chi connectivity index (χ3v) is 3.90. The van der Waals surface area contributed by atoms with Gasteiger partial charge in [-0.05, 0) is 23.6 Å². The zero-order chi connectivity index (χ0) is 18.7. The number of nitrogens with one attached hydrogen (secondary N) is 1. The minimum Gasteiger partial charge on any atom is -0.481 e. The molecule has 132 valence electrons. The molecule has 0 unspecified atom stereocenters. The second-order valence-corrected chi connectivity index (χ2v) is 5.74. The Bertz CT molecular complexity index is 943. The van der Waals surface area contributed by atoms with Crippen LogP contribution in [0.25, 0.3) is 22.4 Å². The summed E-state index contributed by atoms with van der Waals surface area (Å²) in [5.74, 6) is -0.476. The average Bonchev–Trinajstić information content (AvgIpc) is 2.95. The first kappa shape index (κ1) is 17.2. The molecule has 0 aliphatic carbocycles. The molecule has 1 heterocycles. The Morgan fingerprint density at radius 2 is 1.50 bits per heavy atom. The van der Waals surface area contributed by atoms with Crippen LogP contribution in [0, 0.1) is 6.92 Å². The third kappa shape index (κ3) is 3.72. The maximum Gasteiger partial charge on any atom is 0.409 e. The quantitative estimate of drug-likeness (QED) is 0.639. The van der Waals surface area contributed by atoms with Gasteiger partial charge in [0.25, 0.3) is 0 Å². The Hall–Kier alpha value is -3.61. The monoisotopic (exact) mass is 352 g/mol. The van der Waals surface area contributed by atoms with Crippen LogP contribution in [0.1, 0.15) is 11.3 Å². The van der Waals surface area contributed by atoms with E-state index in [1.165, 1.54) is 0 Å². The summed E-state index contributed by atoms with van der Waals surface area (Å²) in [4.78, 5) is 21.7. The summed E-state index contributed by atoms with van der Waals surface area (Å²) in [5.41, 5.74) is 4.10. The Labute approximate surface area is 148 Å². The Kier molecular flexibility index (Phi) is 4.70. The number of aromatic nitrogens is 1. The molecule has 0 saturated carbocycles. The molecule has 3 aromatic rings. The molecule has 0 aliphatic heterocycles. The second kappa shape index (κ2) is 7.10. The van der Waals surface area contributed by atoms with Gasteiger partial charge in [0.15, 0.2) is 5.76 Å². The molecule has 0 aliphatic rings. The highest BCUT2D eigenvalue weighted by Crippen LogP contribution is 2.31. The summed E-state index contributed by atoms with van der Waals surface area (Å²) in [7, 11) is 0. The number of nitrogens with zero attached hydrogens (tertiary/aromatic N) is 1. The van der Waals surface area contributed by atoms with Crippen molar-refractivity contribution in [1.29, 1.82) is 0 Å².